The zero-order valence-electron chi connectivity index (χ0n) is 22.3. The van der Waals surface area contributed by atoms with E-state index in [0.717, 1.165) is 46.0 Å². The van der Waals surface area contributed by atoms with Crippen molar-refractivity contribution in [3.63, 3.8) is 0 Å². The van der Waals surface area contributed by atoms with Crippen molar-refractivity contribution in [3.05, 3.63) is 105 Å². The first kappa shape index (κ1) is 26.5. The number of fused-ring (bicyclic) bond motifs is 1. The van der Waals surface area contributed by atoms with Crippen molar-refractivity contribution in [1.82, 2.24) is 9.80 Å². The Morgan fingerprint density at radius 2 is 1.27 bits per heavy atom. The number of urea groups is 1. The van der Waals surface area contributed by atoms with Gasteiger partial charge in [-0.25, -0.2) is 4.79 Å². The number of nitrogens with zero attached hydrogens (tertiary/aromatic N) is 2. The van der Waals surface area contributed by atoms with Crippen LogP contribution in [0.5, 0.6) is 0 Å². The number of benzene rings is 2. The van der Waals surface area contributed by atoms with Gasteiger partial charge in [0.05, 0.1) is 5.57 Å². The van der Waals surface area contributed by atoms with Crippen molar-refractivity contribution in [1.29, 1.82) is 0 Å². The summed E-state index contributed by atoms with van der Waals surface area (Å²) in [6, 6.07) is 19.9. The van der Waals surface area contributed by atoms with Crippen molar-refractivity contribution in [3.8, 4) is 20.2 Å². The lowest BCUT2D eigenvalue weighted by Crippen LogP contribution is -2.52. The molecular weight excluding hydrogens is 556 g/mol. The number of hydrogen-bond acceptors (Lipinski definition) is 7. The number of likely N-dealkylation sites (N-methyl/N-ethyl adjacent to an activating group) is 2. The maximum atomic E-state index is 12.7. The highest BCUT2D eigenvalue weighted by molar-refractivity contribution is 7.24. The van der Waals surface area contributed by atoms with E-state index in [2.05, 4.69) is 6.07 Å². The van der Waals surface area contributed by atoms with Crippen molar-refractivity contribution >= 4 is 64.2 Å². The Morgan fingerprint density at radius 3 is 1.88 bits per heavy atom. The van der Waals surface area contributed by atoms with Gasteiger partial charge in [-0.1, -0.05) is 48.5 Å². The van der Waals surface area contributed by atoms with Gasteiger partial charge in [-0.05, 0) is 54.0 Å². The van der Waals surface area contributed by atoms with Crippen LogP contribution in [0.3, 0.4) is 0 Å². The first-order valence-corrected chi connectivity index (χ1v) is 14.3. The molecule has 1 aliphatic heterocycles. The van der Waals surface area contributed by atoms with Crippen molar-refractivity contribution < 1.29 is 24.0 Å². The minimum atomic E-state index is -0.652. The van der Waals surface area contributed by atoms with E-state index in [4.69, 9.17) is 0 Å². The van der Waals surface area contributed by atoms with E-state index in [1.165, 1.54) is 31.5 Å². The predicted octanol–water partition coefficient (Wildman–Crippen LogP) is 6.35. The Labute approximate surface area is 243 Å². The van der Waals surface area contributed by atoms with Crippen LogP contribution in [0.25, 0.3) is 32.3 Å². The van der Waals surface area contributed by atoms with Gasteiger partial charge in [0.1, 0.15) is 5.57 Å². The second-order valence-corrected chi connectivity index (χ2v) is 11.9. The minimum Gasteiger partial charge on any atom is -0.288 e. The van der Waals surface area contributed by atoms with Gasteiger partial charge in [-0.3, -0.25) is 29.0 Å². The second kappa shape index (κ2) is 10.0. The lowest BCUT2D eigenvalue weighted by Gasteiger charge is -2.28. The third kappa shape index (κ3) is 4.49. The van der Waals surface area contributed by atoms with E-state index in [0.29, 0.717) is 11.1 Å². The molecule has 41 heavy (non-hydrogen) atoms. The summed E-state index contributed by atoms with van der Waals surface area (Å²) < 4.78 is 0. The van der Waals surface area contributed by atoms with E-state index in [1.54, 1.807) is 41.7 Å². The fourth-order valence-electron chi connectivity index (χ4n) is 4.87. The second-order valence-electron chi connectivity index (χ2n) is 9.78. The molecule has 0 bridgehead atoms. The van der Waals surface area contributed by atoms with E-state index < -0.39 is 17.8 Å². The Balaban J connectivity index is 1.24. The molecular formula is C32H22N2O5S2. The van der Waals surface area contributed by atoms with Crippen molar-refractivity contribution in [2.24, 2.45) is 0 Å². The van der Waals surface area contributed by atoms with Crippen LogP contribution in [-0.2, 0) is 9.59 Å². The number of carbonyl (C=O) groups is 5. The number of ketones is 2. The fourth-order valence-corrected chi connectivity index (χ4v) is 7.08. The Bertz CT molecular complexity index is 1810. The van der Waals surface area contributed by atoms with Crippen molar-refractivity contribution in [2.75, 3.05) is 14.1 Å². The molecule has 0 N–H and O–H groups in total. The first-order chi connectivity index (χ1) is 19.6. The van der Waals surface area contributed by atoms with Gasteiger partial charge in [-0.2, -0.15) is 0 Å². The number of carbonyl (C=O) groups excluding carboxylic acids is 5. The summed E-state index contributed by atoms with van der Waals surface area (Å²) >= 11 is 3.09. The van der Waals surface area contributed by atoms with Gasteiger partial charge in [0.15, 0.2) is 11.6 Å². The van der Waals surface area contributed by atoms with Gasteiger partial charge in [0, 0.05) is 44.7 Å². The smallest absolute Gasteiger partial charge is 0.288 e. The molecule has 2 aromatic carbocycles. The van der Waals surface area contributed by atoms with Gasteiger partial charge >= 0.3 is 6.03 Å². The van der Waals surface area contributed by atoms with Crippen LogP contribution in [-0.4, -0.2) is 53.3 Å². The number of hydrogen-bond donors (Lipinski definition) is 0. The zero-order valence-corrected chi connectivity index (χ0v) is 23.9. The number of aryl methyl sites for hydroxylation is 1. The molecule has 4 aromatic rings. The Hall–Kier alpha value is -4.73. The van der Waals surface area contributed by atoms with E-state index in [-0.39, 0.29) is 22.7 Å². The minimum absolute atomic E-state index is 0.0500. The molecule has 0 saturated carbocycles. The summed E-state index contributed by atoms with van der Waals surface area (Å²) in [5.74, 6) is -1.73. The molecule has 0 spiro atoms. The normalized spacial score (nSPS) is 15.2. The average Bonchev–Trinajstić information content (AvgIpc) is 3.67. The summed E-state index contributed by atoms with van der Waals surface area (Å²) in [6.45, 7) is 2.04. The van der Waals surface area contributed by atoms with Gasteiger partial charge in [0.2, 0.25) is 0 Å². The topological polar surface area (TPSA) is 91.8 Å². The number of barbiturate groups is 1. The van der Waals surface area contributed by atoms with E-state index in [1.807, 2.05) is 43.3 Å². The first-order valence-electron chi connectivity index (χ1n) is 12.7. The molecule has 6 rings (SSSR count). The standard InChI is InChI=1S/C32H22N2O5S2/c1-17-14-26(25-13-12-20(40-25)16-24-30(37)33(2)32(39)34(3)31(24)38)41-29(17)19-10-8-18(9-11-19)15-23-27(35)21-6-4-5-7-22(21)28(23)36/h4-16H,1-3H3. The number of amides is 4. The summed E-state index contributed by atoms with van der Waals surface area (Å²) in [5.41, 5.74) is 3.91. The molecule has 0 radical (unpaired) electrons. The fraction of sp³-hybridized carbons (Fsp3) is 0.0938. The molecule has 202 valence electrons. The number of rotatable bonds is 4. The highest BCUT2D eigenvalue weighted by Gasteiger charge is 2.38. The average molecular weight is 579 g/mol. The van der Waals surface area contributed by atoms with E-state index in [9.17, 15) is 24.0 Å². The highest BCUT2D eigenvalue weighted by atomic mass is 32.1. The third-order valence-corrected chi connectivity index (χ3v) is 9.62. The molecule has 1 fully saturated rings. The molecule has 4 amide bonds. The largest absolute Gasteiger partial charge is 0.333 e. The third-order valence-electron chi connectivity index (χ3n) is 7.11. The molecule has 1 aliphatic carbocycles. The maximum absolute atomic E-state index is 12.7. The summed E-state index contributed by atoms with van der Waals surface area (Å²) in [4.78, 5) is 68.3. The molecule has 3 heterocycles. The lowest BCUT2D eigenvalue weighted by molar-refractivity contribution is -0.134. The monoisotopic (exact) mass is 578 g/mol. The molecule has 9 heteroatoms. The molecule has 0 atom stereocenters. The van der Waals surface area contributed by atoms with Crippen LogP contribution in [0, 0.1) is 6.92 Å². The van der Waals surface area contributed by atoms with E-state index >= 15 is 0 Å². The zero-order chi connectivity index (χ0) is 29.0. The predicted molar refractivity (Wildman–Crippen MR) is 160 cm³/mol. The summed E-state index contributed by atoms with van der Waals surface area (Å²) in [7, 11) is 2.71. The number of thiophene rings is 2. The quantitative estimate of drug-likeness (QED) is 0.208. The van der Waals surface area contributed by atoms with Crippen LogP contribution in [0.2, 0.25) is 0 Å². The van der Waals surface area contributed by atoms with Crippen molar-refractivity contribution in [2.45, 2.75) is 6.92 Å². The van der Waals surface area contributed by atoms with Crippen LogP contribution in [0.15, 0.2) is 77.9 Å². The Morgan fingerprint density at radius 1 is 0.659 bits per heavy atom. The maximum Gasteiger partial charge on any atom is 0.333 e. The molecule has 1 saturated heterocycles. The molecule has 2 aliphatic rings. The van der Waals surface area contributed by atoms with Gasteiger partial charge < -0.3 is 0 Å². The van der Waals surface area contributed by atoms with Crippen LogP contribution >= 0.6 is 22.7 Å². The molecule has 2 aromatic heterocycles. The molecule has 0 unspecified atom stereocenters. The summed E-state index contributed by atoms with van der Waals surface area (Å²) in [6.07, 6.45) is 3.18. The van der Waals surface area contributed by atoms with Crippen LogP contribution in [0.1, 0.15) is 36.7 Å². The van der Waals surface area contributed by atoms with Gasteiger partial charge in [0.25, 0.3) is 11.8 Å². The number of imide groups is 2. The summed E-state index contributed by atoms with van der Waals surface area (Å²) in [5, 5.41) is 0. The highest BCUT2D eigenvalue weighted by Crippen LogP contribution is 2.41. The lowest BCUT2D eigenvalue weighted by atomic mass is 10.0. The molecule has 7 nitrogen and oxygen atoms in total. The Kier molecular flexibility index (Phi) is 6.48. The number of Topliss-reactive ketones (excluding diaryl/α,β-unsaturated/α-hetero) is 2. The number of allylic oxidation sites excluding steroid dienone is 1. The van der Waals surface area contributed by atoms with Crippen LogP contribution < -0.4 is 0 Å². The van der Waals surface area contributed by atoms with Crippen LogP contribution in [0.4, 0.5) is 4.79 Å². The SMILES string of the molecule is Cc1cc(-c2ccc(C=C3C(=O)N(C)C(=O)N(C)C3=O)s2)sc1-c1ccc(C=C2C(=O)c3ccccc3C2=O)cc1. The van der Waals surface area contributed by atoms with Gasteiger partial charge in [-0.15, -0.1) is 22.7 Å².